The van der Waals surface area contributed by atoms with Gasteiger partial charge in [-0.2, -0.15) is 0 Å². The third-order valence-electron chi connectivity index (χ3n) is 4.15. The van der Waals surface area contributed by atoms with Crippen LogP contribution < -0.4 is 0 Å². The summed E-state index contributed by atoms with van der Waals surface area (Å²) in [6.07, 6.45) is 2.19. The topological polar surface area (TPSA) is 74.6 Å². The van der Waals surface area contributed by atoms with Gasteiger partial charge in [0, 0.05) is 4.70 Å². The number of rotatable bonds is 3. The second-order valence-electron chi connectivity index (χ2n) is 5.45. The molecule has 0 bridgehead atoms. The molecule has 4 nitrogen and oxygen atoms in total. The van der Waals surface area contributed by atoms with Gasteiger partial charge in [0.15, 0.2) is 5.67 Å². The van der Waals surface area contributed by atoms with Crippen LogP contribution in [0.4, 0.5) is 4.39 Å². The molecule has 6 heteroatoms. The number of thiophene rings is 1. The highest BCUT2D eigenvalue weighted by molar-refractivity contribution is 7.17. The van der Waals surface area contributed by atoms with Crippen molar-refractivity contribution in [3.8, 4) is 0 Å². The molecule has 1 heterocycles. The van der Waals surface area contributed by atoms with E-state index < -0.39 is 23.5 Å². The Labute approximate surface area is 135 Å². The number of aliphatic carboxylic acids is 2. The van der Waals surface area contributed by atoms with Crippen molar-refractivity contribution in [3.63, 3.8) is 0 Å². The number of alkyl halides is 1. The van der Waals surface area contributed by atoms with Gasteiger partial charge in [-0.1, -0.05) is 12.1 Å². The molecule has 23 heavy (non-hydrogen) atoms. The summed E-state index contributed by atoms with van der Waals surface area (Å²) in [6, 6.07) is 6.81. The Balaban J connectivity index is 2.18. The number of halogens is 1. The number of benzene rings is 1. The van der Waals surface area contributed by atoms with Gasteiger partial charge in [-0.15, -0.1) is 11.3 Å². The van der Waals surface area contributed by atoms with Gasteiger partial charge < -0.3 is 10.2 Å². The number of carbonyl (C=O) groups is 2. The van der Waals surface area contributed by atoms with E-state index in [0.717, 1.165) is 22.2 Å². The molecule has 2 N–H and O–H groups in total. The lowest BCUT2D eigenvalue weighted by molar-refractivity contribution is -0.144. The van der Waals surface area contributed by atoms with Crippen molar-refractivity contribution < 1.29 is 24.2 Å². The molecule has 0 saturated carbocycles. The summed E-state index contributed by atoms with van der Waals surface area (Å²) in [4.78, 5) is 22.8. The first-order valence-electron chi connectivity index (χ1n) is 6.87. The Hall–Kier alpha value is -2.47. The van der Waals surface area contributed by atoms with Gasteiger partial charge in [0.1, 0.15) is 5.92 Å². The van der Waals surface area contributed by atoms with Crippen molar-refractivity contribution >= 4 is 33.4 Å². The second kappa shape index (κ2) is 5.31. The molecule has 1 aromatic heterocycles. The fourth-order valence-electron chi connectivity index (χ4n) is 2.96. The fourth-order valence-corrected chi connectivity index (χ4v) is 3.79. The summed E-state index contributed by atoms with van der Waals surface area (Å²) in [7, 11) is 0. The molecule has 0 aliphatic heterocycles. The number of hydrogen-bond acceptors (Lipinski definition) is 3. The van der Waals surface area contributed by atoms with E-state index >= 15 is 4.39 Å². The van der Waals surface area contributed by atoms with Crippen molar-refractivity contribution in [2.24, 2.45) is 5.92 Å². The number of allylic oxidation sites excluding steroid dienone is 1. The van der Waals surface area contributed by atoms with Crippen LogP contribution >= 0.6 is 11.3 Å². The van der Waals surface area contributed by atoms with E-state index in [2.05, 4.69) is 0 Å². The van der Waals surface area contributed by atoms with Crippen molar-refractivity contribution in [2.45, 2.75) is 12.6 Å². The number of hydrogen-bond donors (Lipinski definition) is 2. The van der Waals surface area contributed by atoms with E-state index in [1.807, 2.05) is 11.4 Å². The van der Waals surface area contributed by atoms with Crippen LogP contribution in [0, 0.1) is 5.92 Å². The SMILES string of the molecule is CC1=C(C(=O)O)C=CC(F)(c2ccc3ccsc3c2)C1C(=O)O. The second-order valence-corrected chi connectivity index (χ2v) is 6.40. The molecule has 0 saturated heterocycles. The smallest absolute Gasteiger partial charge is 0.335 e. The van der Waals surface area contributed by atoms with Crippen LogP contribution in [-0.4, -0.2) is 22.2 Å². The Morgan fingerprint density at radius 2 is 2.00 bits per heavy atom. The predicted octanol–water partition coefficient (Wildman–Crippen LogP) is 3.74. The maximum Gasteiger partial charge on any atom is 0.335 e. The highest BCUT2D eigenvalue weighted by atomic mass is 32.1. The lowest BCUT2D eigenvalue weighted by atomic mass is 9.74. The summed E-state index contributed by atoms with van der Waals surface area (Å²) in [5.74, 6) is -4.23. The zero-order chi connectivity index (χ0) is 16.8. The van der Waals surface area contributed by atoms with Crippen LogP contribution in [0.15, 0.2) is 52.9 Å². The fraction of sp³-hybridized carbons (Fsp3) is 0.176. The molecule has 1 aliphatic carbocycles. The predicted molar refractivity (Wildman–Crippen MR) is 85.2 cm³/mol. The van der Waals surface area contributed by atoms with Gasteiger partial charge in [-0.3, -0.25) is 4.79 Å². The molecule has 1 aromatic carbocycles. The average molecular weight is 332 g/mol. The van der Waals surface area contributed by atoms with E-state index in [0.29, 0.717) is 0 Å². The molecule has 2 unspecified atom stereocenters. The third-order valence-corrected chi connectivity index (χ3v) is 5.03. The van der Waals surface area contributed by atoms with E-state index in [9.17, 15) is 14.7 Å². The van der Waals surface area contributed by atoms with Crippen molar-refractivity contribution in [1.29, 1.82) is 0 Å². The minimum absolute atomic E-state index is 0.00118. The van der Waals surface area contributed by atoms with E-state index in [4.69, 9.17) is 5.11 Å². The summed E-state index contributed by atoms with van der Waals surface area (Å²) < 4.78 is 16.5. The van der Waals surface area contributed by atoms with Gasteiger partial charge in [0.05, 0.1) is 5.57 Å². The number of carboxylic acids is 2. The van der Waals surface area contributed by atoms with Gasteiger partial charge in [-0.05, 0) is 53.1 Å². The van der Waals surface area contributed by atoms with Crippen molar-refractivity contribution in [3.05, 3.63) is 58.5 Å². The van der Waals surface area contributed by atoms with Crippen molar-refractivity contribution in [2.75, 3.05) is 0 Å². The molecule has 0 fully saturated rings. The van der Waals surface area contributed by atoms with Gasteiger partial charge in [-0.25, -0.2) is 9.18 Å². The summed E-state index contributed by atoms with van der Waals surface area (Å²) >= 11 is 1.44. The van der Waals surface area contributed by atoms with Gasteiger partial charge in [0.25, 0.3) is 0 Å². The molecular weight excluding hydrogens is 319 g/mol. The molecule has 0 spiro atoms. The molecule has 3 rings (SSSR count). The normalized spacial score (nSPS) is 24.2. The Morgan fingerprint density at radius 1 is 1.26 bits per heavy atom. The quantitative estimate of drug-likeness (QED) is 0.898. The lowest BCUT2D eigenvalue weighted by Gasteiger charge is -2.33. The minimum Gasteiger partial charge on any atom is -0.481 e. The van der Waals surface area contributed by atoms with Crippen LogP contribution in [0.25, 0.3) is 10.1 Å². The first-order chi connectivity index (χ1) is 10.8. The first kappa shape index (κ1) is 15.4. The van der Waals surface area contributed by atoms with E-state index in [-0.39, 0.29) is 16.7 Å². The van der Waals surface area contributed by atoms with Crippen LogP contribution in [0.3, 0.4) is 0 Å². The number of fused-ring (bicyclic) bond motifs is 1. The minimum atomic E-state index is -2.28. The Morgan fingerprint density at radius 3 is 2.65 bits per heavy atom. The lowest BCUT2D eigenvalue weighted by Crippen LogP contribution is -2.38. The standard InChI is InChI=1S/C17H13FO4S/c1-9-12(15(19)20)4-6-17(18,14(9)16(21)22)11-3-2-10-5-7-23-13(10)8-11/h2-8,14H,1H3,(H,19,20)(H,21,22). The maximum absolute atomic E-state index is 15.7. The molecular formula is C17H13FO4S. The van der Waals surface area contributed by atoms with Crippen LogP contribution in [0.5, 0.6) is 0 Å². The molecule has 118 valence electrons. The Kier molecular flexibility index (Phi) is 3.56. The monoisotopic (exact) mass is 332 g/mol. The maximum atomic E-state index is 15.7. The molecule has 0 amide bonds. The average Bonchev–Trinajstić information content (AvgIpc) is 2.93. The van der Waals surface area contributed by atoms with Crippen LogP contribution in [0.2, 0.25) is 0 Å². The summed E-state index contributed by atoms with van der Waals surface area (Å²) in [5, 5.41) is 21.4. The van der Waals surface area contributed by atoms with Gasteiger partial charge >= 0.3 is 11.9 Å². The highest BCUT2D eigenvalue weighted by Gasteiger charge is 2.47. The van der Waals surface area contributed by atoms with Crippen LogP contribution in [-0.2, 0) is 15.3 Å². The summed E-state index contributed by atoms with van der Waals surface area (Å²) in [6.45, 7) is 1.35. The molecule has 2 aromatic rings. The zero-order valence-electron chi connectivity index (χ0n) is 12.1. The third kappa shape index (κ3) is 2.35. The summed E-state index contributed by atoms with van der Waals surface area (Å²) in [5.41, 5.74) is -2.25. The molecule has 1 aliphatic rings. The zero-order valence-corrected chi connectivity index (χ0v) is 12.9. The van der Waals surface area contributed by atoms with E-state index in [1.54, 1.807) is 18.2 Å². The first-order valence-corrected chi connectivity index (χ1v) is 7.75. The molecule has 2 atom stereocenters. The Bertz CT molecular complexity index is 880. The van der Waals surface area contributed by atoms with E-state index in [1.165, 1.54) is 18.3 Å². The van der Waals surface area contributed by atoms with Crippen LogP contribution in [0.1, 0.15) is 12.5 Å². The largest absolute Gasteiger partial charge is 0.481 e. The number of carboxylic acid groups (broad SMARTS) is 2. The van der Waals surface area contributed by atoms with Crippen molar-refractivity contribution in [1.82, 2.24) is 0 Å². The molecule has 0 radical (unpaired) electrons. The van der Waals surface area contributed by atoms with Gasteiger partial charge in [0.2, 0.25) is 0 Å². The highest BCUT2D eigenvalue weighted by Crippen LogP contribution is 2.45.